The Labute approximate surface area is 193 Å². The molecular formula is C26H28N2O3S. The van der Waals surface area contributed by atoms with Crippen LogP contribution in [0.3, 0.4) is 0 Å². The van der Waals surface area contributed by atoms with Gasteiger partial charge < -0.3 is 15.4 Å². The molecule has 0 fully saturated rings. The topological polar surface area (TPSA) is 67.4 Å². The predicted molar refractivity (Wildman–Crippen MR) is 131 cm³/mol. The second-order valence-electron chi connectivity index (χ2n) is 7.33. The van der Waals surface area contributed by atoms with Gasteiger partial charge in [-0.3, -0.25) is 9.59 Å². The normalized spacial score (nSPS) is 11.4. The quantitative estimate of drug-likeness (QED) is 0.282. The van der Waals surface area contributed by atoms with Crippen molar-refractivity contribution in [3.8, 4) is 5.75 Å². The van der Waals surface area contributed by atoms with E-state index in [0.717, 1.165) is 29.1 Å². The molecule has 0 saturated heterocycles. The summed E-state index contributed by atoms with van der Waals surface area (Å²) < 4.78 is 5.69. The van der Waals surface area contributed by atoms with E-state index in [0.29, 0.717) is 18.0 Å². The van der Waals surface area contributed by atoms with Gasteiger partial charge in [-0.1, -0.05) is 49.7 Å². The zero-order valence-corrected chi connectivity index (χ0v) is 19.2. The van der Waals surface area contributed by atoms with Crippen molar-refractivity contribution in [1.82, 2.24) is 0 Å². The maximum Gasteiger partial charge on any atom is 0.242 e. The van der Waals surface area contributed by atoms with Gasteiger partial charge in [-0.2, -0.15) is 0 Å². The smallest absolute Gasteiger partial charge is 0.242 e. The Hall–Kier alpha value is -3.25. The van der Waals surface area contributed by atoms with Crippen LogP contribution in [0.2, 0.25) is 0 Å². The molecule has 0 radical (unpaired) electrons. The van der Waals surface area contributed by atoms with Gasteiger partial charge in [-0.15, -0.1) is 11.8 Å². The highest BCUT2D eigenvalue weighted by Gasteiger charge is 2.22. The largest absolute Gasteiger partial charge is 0.494 e. The summed E-state index contributed by atoms with van der Waals surface area (Å²) in [6, 6.07) is 24.6. The van der Waals surface area contributed by atoms with Gasteiger partial charge in [0.05, 0.1) is 6.61 Å². The molecule has 6 heteroatoms. The van der Waals surface area contributed by atoms with Crippen molar-refractivity contribution in [1.29, 1.82) is 0 Å². The Morgan fingerprint density at radius 1 is 0.906 bits per heavy atom. The molecule has 3 aromatic carbocycles. The maximum atomic E-state index is 13.2. The average Bonchev–Trinajstić information content (AvgIpc) is 2.79. The average molecular weight is 449 g/mol. The lowest BCUT2D eigenvalue weighted by atomic mass is 10.1. The van der Waals surface area contributed by atoms with Gasteiger partial charge in [0.15, 0.2) is 0 Å². The first-order chi connectivity index (χ1) is 15.5. The molecule has 3 rings (SSSR count). The third-order valence-electron chi connectivity index (χ3n) is 4.64. The van der Waals surface area contributed by atoms with Gasteiger partial charge >= 0.3 is 0 Å². The highest BCUT2D eigenvalue weighted by Crippen LogP contribution is 2.37. The van der Waals surface area contributed by atoms with Crippen LogP contribution in [-0.4, -0.2) is 18.4 Å². The number of rotatable bonds is 10. The van der Waals surface area contributed by atoms with E-state index in [1.807, 2.05) is 78.9 Å². The fraction of sp³-hybridized carbons (Fsp3) is 0.231. The van der Waals surface area contributed by atoms with Crippen LogP contribution in [-0.2, 0) is 9.59 Å². The van der Waals surface area contributed by atoms with Crippen molar-refractivity contribution in [3.63, 3.8) is 0 Å². The standard InChI is InChI=1S/C26H28N2O3S/c1-3-4-17-31-23-15-13-21(14-16-23)28-26(30)25(20-9-6-5-7-10-20)32-24-12-8-11-22(18-24)27-19(2)29/h5-16,18,25H,3-4,17H2,1-2H3,(H,27,29)(H,28,30). The Morgan fingerprint density at radius 2 is 1.66 bits per heavy atom. The monoisotopic (exact) mass is 448 g/mol. The van der Waals surface area contributed by atoms with Gasteiger partial charge in [0.1, 0.15) is 11.0 Å². The summed E-state index contributed by atoms with van der Waals surface area (Å²) in [7, 11) is 0. The first-order valence-corrected chi connectivity index (χ1v) is 11.6. The number of nitrogens with one attached hydrogen (secondary N) is 2. The molecule has 0 aliphatic carbocycles. The second kappa shape index (κ2) is 12.0. The summed E-state index contributed by atoms with van der Waals surface area (Å²) in [5.74, 6) is 0.539. The van der Waals surface area contributed by atoms with Crippen molar-refractivity contribution in [2.75, 3.05) is 17.2 Å². The molecular weight excluding hydrogens is 420 g/mol. The molecule has 2 amide bonds. The van der Waals surface area contributed by atoms with Gasteiger partial charge in [0, 0.05) is 23.2 Å². The van der Waals surface area contributed by atoms with E-state index in [1.165, 1.54) is 18.7 Å². The first kappa shape index (κ1) is 23.4. The number of benzene rings is 3. The van der Waals surface area contributed by atoms with E-state index in [2.05, 4.69) is 17.6 Å². The zero-order chi connectivity index (χ0) is 22.8. The molecule has 0 heterocycles. The highest BCUT2D eigenvalue weighted by molar-refractivity contribution is 8.00. The van der Waals surface area contributed by atoms with Crippen molar-refractivity contribution >= 4 is 35.0 Å². The third-order valence-corrected chi connectivity index (χ3v) is 5.89. The number of unbranched alkanes of at least 4 members (excludes halogenated alkanes) is 1. The SMILES string of the molecule is CCCCOc1ccc(NC(=O)C(Sc2cccc(NC(C)=O)c2)c2ccccc2)cc1. The van der Waals surface area contributed by atoms with Gasteiger partial charge in [-0.05, 0) is 54.4 Å². The van der Waals surface area contributed by atoms with Crippen LogP contribution in [0.25, 0.3) is 0 Å². The lowest BCUT2D eigenvalue weighted by Gasteiger charge is -2.18. The van der Waals surface area contributed by atoms with E-state index < -0.39 is 5.25 Å². The molecule has 0 spiro atoms. The number of anilines is 2. The third kappa shape index (κ3) is 7.17. The lowest BCUT2D eigenvalue weighted by molar-refractivity contribution is -0.116. The van der Waals surface area contributed by atoms with Crippen LogP contribution in [0.5, 0.6) is 5.75 Å². The van der Waals surface area contributed by atoms with Crippen LogP contribution in [0.15, 0.2) is 83.8 Å². The number of ether oxygens (including phenoxy) is 1. The minimum atomic E-state index is -0.454. The summed E-state index contributed by atoms with van der Waals surface area (Å²) in [6.45, 7) is 4.28. The van der Waals surface area contributed by atoms with E-state index in [4.69, 9.17) is 4.74 Å². The number of hydrogen-bond acceptors (Lipinski definition) is 4. The fourth-order valence-corrected chi connectivity index (χ4v) is 4.15. The molecule has 0 saturated carbocycles. The molecule has 32 heavy (non-hydrogen) atoms. The van der Waals surface area contributed by atoms with Gasteiger partial charge in [0.25, 0.3) is 0 Å². The van der Waals surface area contributed by atoms with Crippen molar-refractivity contribution in [2.24, 2.45) is 0 Å². The summed E-state index contributed by atoms with van der Waals surface area (Å²) >= 11 is 1.44. The van der Waals surface area contributed by atoms with Crippen LogP contribution >= 0.6 is 11.8 Å². The van der Waals surface area contributed by atoms with Crippen LogP contribution in [0.1, 0.15) is 37.5 Å². The van der Waals surface area contributed by atoms with E-state index >= 15 is 0 Å². The summed E-state index contributed by atoms with van der Waals surface area (Å²) in [6.07, 6.45) is 2.10. The molecule has 166 valence electrons. The number of carbonyl (C=O) groups is 2. The highest BCUT2D eigenvalue weighted by atomic mass is 32.2. The Kier molecular flexibility index (Phi) is 8.75. The zero-order valence-electron chi connectivity index (χ0n) is 18.3. The van der Waals surface area contributed by atoms with E-state index in [1.54, 1.807) is 0 Å². The molecule has 5 nitrogen and oxygen atoms in total. The Morgan fingerprint density at radius 3 is 2.34 bits per heavy atom. The summed E-state index contributed by atoms with van der Waals surface area (Å²) in [5, 5.41) is 5.35. The summed E-state index contributed by atoms with van der Waals surface area (Å²) in [4.78, 5) is 25.5. The minimum absolute atomic E-state index is 0.120. The minimum Gasteiger partial charge on any atom is -0.494 e. The molecule has 1 unspecified atom stereocenters. The molecule has 0 aliphatic rings. The fourth-order valence-electron chi connectivity index (χ4n) is 3.06. The molecule has 0 aromatic heterocycles. The van der Waals surface area contributed by atoms with Gasteiger partial charge in [-0.25, -0.2) is 0 Å². The number of amides is 2. The Bertz CT molecular complexity index is 1020. The Balaban J connectivity index is 1.74. The molecule has 1 atom stereocenters. The van der Waals surface area contributed by atoms with Crippen molar-refractivity contribution in [2.45, 2.75) is 36.8 Å². The van der Waals surface area contributed by atoms with Crippen LogP contribution in [0, 0.1) is 0 Å². The molecule has 0 aliphatic heterocycles. The van der Waals surface area contributed by atoms with Crippen LogP contribution in [0.4, 0.5) is 11.4 Å². The predicted octanol–water partition coefficient (Wildman–Crippen LogP) is 6.30. The number of carbonyl (C=O) groups excluding carboxylic acids is 2. The molecule has 0 bridgehead atoms. The van der Waals surface area contributed by atoms with Crippen molar-refractivity contribution < 1.29 is 14.3 Å². The first-order valence-electron chi connectivity index (χ1n) is 10.7. The molecule has 2 N–H and O–H groups in total. The summed E-state index contributed by atoms with van der Waals surface area (Å²) in [5.41, 5.74) is 2.32. The maximum absolute atomic E-state index is 13.2. The van der Waals surface area contributed by atoms with Gasteiger partial charge in [0.2, 0.25) is 11.8 Å². The molecule has 3 aromatic rings. The lowest BCUT2D eigenvalue weighted by Crippen LogP contribution is -2.19. The van der Waals surface area contributed by atoms with E-state index in [-0.39, 0.29) is 11.8 Å². The van der Waals surface area contributed by atoms with Crippen molar-refractivity contribution in [3.05, 3.63) is 84.4 Å². The number of thioether (sulfide) groups is 1. The van der Waals surface area contributed by atoms with E-state index in [9.17, 15) is 9.59 Å². The van der Waals surface area contributed by atoms with Crippen LogP contribution < -0.4 is 15.4 Å². The second-order valence-corrected chi connectivity index (χ2v) is 8.51. The number of hydrogen-bond donors (Lipinski definition) is 2.